The highest BCUT2D eigenvalue weighted by Crippen LogP contribution is 2.43. The Kier molecular flexibility index (Phi) is 7.54. The van der Waals surface area contributed by atoms with Gasteiger partial charge in [0.2, 0.25) is 5.91 Å². The minimum Gasteiger partial charge on any atom is -0.485 e. The van der Waals surface area contributed by atoms with Crippen LogP contribution in [0.4, 0.5) is 0 Å². The molecule has 0 spiro atoms. The molecule has 1 saturated carbocycles. The van der Waals surface area contributed by atoms with Crippen LogP contribution in [0.5, 0.6) is 5.75 Å². The van der Waals surface area contributed by atoms with Crippen molar-refractivity contribution in [3.05, 3.63) is 75.3 Å². The van der Waals surface area contributed by atoms with Crippen LogP contribution in [0.2, 0.25) is 0 Å². The van der Waals surface area contributed by atoms with Crippen LogP contribution in [0.15, 0.2) is 47.2 Å². The third-order valence-corrected chi connectivity index (χ3v) is 9.29. The first-order valence-corrected chi connectivity index (χ1v) is 14.8. The third-order valence-electron chi connectivity index (χ3n) is 8.55. The number of carboxylic acids is 1. The first-order valence-electron chi connectivity index (χ1n) is 14.0. The number of carbonyl (C=O) groups is 3. The first kappa shape index (κ1) is 27.4. The molecule has 11 heteroatoms. The fraction of sp³-hybridized carbons (Fsp3) is 0.433. The minimum atomic E-state index is -0.920. The zero-order chi connectivity index (χ0) is 28.7. The van der Waals surface area contributed by atoms with Gasteiger partial charge in [-0.05, 0) is 48.6 Å². The SMILES string of the molecule is Cn1cnc(COc2ccc(Br)c3c2[C@@H](CN2Cc4ccccc4C2=O)N(C(=O)C2CCCC[C@H]2C(=O)O)CC3)n1. The van der Waals surface area contributed by atoms with E-state index in [2.05, 4.69) is 26.0 Å². The maximum atomic E-state index is 14.2. The molecule has 0 saturated heterocycles. The van der Waals surface area contributed by atoms with Gasteiger partial charge in [-0.1, -0.05) is 47.0 Å². The molecule has 3 heterocycles. The summed E-state index contributed by atoms with van der Waals surface area (Å²) < 4.78 is 8.80. The standard InChI is InChI=1S/C30H32BrN5O5/c1-34-17-32-26(33-34)16-41-25-11-10-23(31)22-12-13-36(29(38)20-8-4-5-9-21(20)30(39)40)24(27(22)25)15-35-14-18-6-2-3-7-19(18)28(35)37/h2-3,6-7,10-11,17,20-21,24H,4-5,8-9,12-16H2,1H3,(H,39,40)/t20?,21-,24-/m1/s1. The molecule has 214 valence electrons. The fourth-order valence-corrected chi connectivity index (χ4v) is 7.10. The Labute approximate surface area is 246 Å². The number of benzene rings is 2. The average Bonchev–Trinajstić information content (AvgIpc) is 3.54. The normalized spacial score (nSPS) is 21.9. The molecule has 1 fully saturated rings. The van der Waals surface area contributed by atoms with Gasteiger partial charge in [-0.3, -0.25) is 19.1 Å². The molecular formula is C30H32BrN5O5. The van der Waals surface area contributed by atoms with Crippen molar-refractivity contribution in [1.82, 2.24) is 24.6 Å². The van der Waals surface area contributed by atoms with Crippen molar-refractivity contribution in [1.29, 1.82) is 0 Å². The zero-order valence-corrected chi connectivity index (χ0v) is 24.4. The summed E-state index contributed by atoms with van der Waals surface area (Å²) in [6.07, 6.45) is 4.87. The van der Waals surface area contributed by atoms with E-state index in [1.165, 1.54) is 0 Å². The molecule has 0 bridgehead atoms. The van der Waals surface area contributed by atoms with Crippen molar-refractivity contribution in [3.8, 4) is 5.75 Å². The number of amides is 2. The van der Waals surface area contributed by atoms with Crippen LogP contribution in [0.3, 0.4) is 0 Å². The van der Waals surface area contributed by atoms with Gasteiger partial charge in [0.1, 0.15) is 18.7 Å². The van der Waals surface area contributed by atoms with Gasteiger partial charge >= 0.3 is 5.97 Å². The number of nitrogens with zero attached hydrogens (tertiary/aromatic N) is 5. The second-order valence-electron chi connectivity index (χ2n) is 11.0. The maximum Gasteiger partial charge on any atom is 0.307 e. The summed E-state index contributed by atoms with van der Waals surface area (Å²) in [6, 6.07) is 10.9. The number of halogens is 1. The van der Waals surface area contributed by atoms with Crippen LogP contribution in [-0.4, -0.2) is 60.5 Å². The van der Waals surface area contributed by atoms with Crippen LogP contribution in [0, 0.1) is 11.8 Å². The molecular weight excluding hydrogens is 590 g/mol. The Morgan fingerprint density at radius 1 is 1.12 bits per heavy atom. The minimum absolute atomic E-state index is 0.0728. The molecule has 6 rings (SSSR count). The largest absolute Gasteiger partial charge is 0.485 e. The predicted octanol–water partition coefficient (Wildman–Crippen LogP) is 4.13. The second kappa shape index (κ2) is 11.3. The summed E-state index contributed by atoms with van der Waals surface area (Å²) in [5.41, 5.74) is 3.48. The molecule has 0 radical (unpaired) electrons. The van der Waals surface area contributed by atoms with Crippen molar-refractivity contribution < 1.29 is 24.2 Å². The number of rotatable bonds is 7. The highest BCUT2D eigenvalue weighted by Gasteiger charge is 2.44. The van der Waals surface area contributed by atoms with Crippen LogP contribution in [-0.2, 0) is 36.2 Å². The first-order chi connectivity index (χ1) is 19.8. The van der Waals surface area contributed by atoms with Gasteiger partial charge in [-0.2, -0.15) is 5.10 Å². The average molecular weight is 623 g/mol. The van der Waals surface area contributed by atoms with Gasteiger partial charge in [0, 0.05) is 42.3 Å². The smallest absolute Gasteiger partial charge is 0.307 e. The topological polar surface area (TPSA) is 118 Å². The van der Waals surface area contributed by atoms with Crippen molar-refractivity contribution in [3.63, 3.8) is 0 Å². The monoisotopic (exact) mass is 621 g/mol. The van der Waals surface area contributed by atoms with Gasteiger partial charge in [0.15, 0.2) is 5.82 Å². The van der Waals surface area contributed by atoms with Gasteiger partial charge in [-0.25, -0.2) is 4.98 Å². The molecule has 3 aliphatic rings. The van der Waals surface area contributed by atoms with E-state index in [1.807, 2.05) is 41.3 Å². The van der Waals surface area contributed by atoms with Crippen molar-refractivity contribution in [2.75, 3.05) is 13.1 Å². The van der Waals surface area contributed by atoms with E-state index >= 15 is 0 Å². The van der Waals surface area contributed by atoms with Gasteiger partial charge in [0.25, 0.3) is 5.91 Å². The van der Waals surface area contributed by atoms with E-state index in [9.17, 15) is 19.5 Å². The summed E-state index contributed by atoms with van der Waals surface area (Å²) >= 11 is 3.71. The van der Waals surface area contributed by atoms with Crippen molar-refractivity contribution in [2.24, 2.45) is 18.9 Å². The molecule has 1 N–H and O–H groups in total. The van der Waals surface area contributed by atoms with Crippen molar-refractivity contribution >= 4 is 33.7 Å². The van der Waals surface area contributed by atoms with E-state index in [1.54, 1.807) is 23.0 Å². The van der Waals surface area contributed by atoms with Gasteiger partial charge in [-0.15, -0.1) is 0 Å². The summed E-state index contributed by atoms with van der Waals surface area (Å²) in [5, 5.41) is 14.3. The molecule has 10 nitrogen and oxygen atoms in total. The lowest BCUT2D eigenvalue weighted by Gasteiger charge is -2.43. The Morgan fingerprint density at radius 2 is 1.90 bits per heavy atom. The van der Waals surface area contributed by atoms with E-state index < -0.39 is 23.8 Å². The lowest BCUT2D eigenvalue weighted by Crippen LogP contribution is -2.50. The van der Waals surface area contributed by atoms with Crippen LogP contribution >= 0.6 is 15.9 Å². The molecule has 1 aromatic heterocycles. The van der Waals surface area contributed by atoms with Gasteiger partial charge < -0.3 is 19.6 Å². The molecule has 1 aliphatic carbocycles. The molecule has 2 aromatic carbocycles. The molecule has 3 aromatic rings. The number of carboxylic acid groups (broad SMARTS) is 1. The van der Waals surface area contributed by atoms with E-state index in [0.29, 0.717) is 49.5 Å². The number of aromatic nitrogens is 3. The maximum absolute atomic E-state index is 14.2. The Balaban J connectivity index is 1.38. The quantitative estimate of drug-likeness (QED) is 0.421. The van der Waals surface area contributed by atoms with Crippen LogP contribution in [0.1, 0.15) is 64.6 Å². The summed E-state index contributed by atoms with van der Waals surface area (Å²) in [6.45, 7) is 1.29. The van der Waals surface area contributed by atoms with E-state index in [4.69, 9.17) is 4.74 Å². The predicted molar refractivity (Wildman–Crippen MR) is 152 cm³/mol. The second-order valence-corrected chi connectivity index (χ2v) is 11.9. The molecule has 2 aliphatic heterocycles. The van der Waals surface area contributed by atoms with Crippen LogP contribution in [0.25, 0.3) is 0 Å². The molecule has 2 amide bonds. The number of hydrogen-bond donors (Lipinski definition) is 1. The third kappa shape index (κ3) is 5.23. The van der Waals surface area contributed by atoms with Crippen molar-refractivity contribution in [2.45, 2.75) is 51.3 Å². The lowest BCUT2D eigenvalue weighted by molar-refractivity contribution is -0.153. The Hall–Kier alpha value is -3.73. The Bertz CT molecular complexity index is 1510. The summed E-state index contributed by atoms with van der Waals surface area (Å²) in [5.74, 6) is -1.32. The summed E-state index contributed by atoms with van der Waals surface area (Å²) in [7, 11) is 1.79. The molecule has 41 heavy (non-hydrogen) atoms. The number of aliphatic carboxylic acids is 1. The molecule has 1 unspecified atom stereocenters. The number of hydrogen-bond acceptors (Lipinski definition) is 6. The Morgan fingerprint density at radius 3 is 2.63 bits per heavy atom. The lowest BCUT2D eigenvalue weighted by atomic mass is 9.77. The zero-order valence-electron chi connectivity index (χ0n) is 22.8. The van der Waals surface area contributed by atoms with Crippen LogP contribution < -0.4 is 4.74 Å². The molecule has 3 atom stereocenters. The fourth-order valence-electron chi connectivity index (χ4n) is 6.56. The van der Waals surface area contributed by atoms with E-state index in [-0.39, 0.29) is 25.0 Å². The number of aryl methyl sites for hydroxylation is 1. The summed E-state index contributed by atoms with van der Waals surface area (Å²) in [4.78, 5) is 47.7. The number of fused-ring (bicyclic) bond motifs is 2. The highest BCUT2D eigenvalue weighted by molar-refractivity contribution is 9.10. The van der Waals surface area contributed by atoms with Gasteiger partial charge in [0.05, 0.1) is 17.9 Å². The highest BCUT2D eigenvalue weighted by atomic mass is 79.9. The van der Waals surface area contributed by atoms with E-state index in [0.717, 1.165) is 34.0 Å². The number of ether oxygens (including phenoxy) is 1. The number of carbonyl (C=O) groups excluding carboxylic acids is 2.